The molecule has 0 aliphatic rings. The molecule has 0 aliphatic heterocycles. The predicted molar refractivity (Wildman–Crippen MR) is 80.8 cm³/mol. The lowest BCUT2D eigenvalue weighted by Crippen LogP contribution is -2.08. The molecule has 0 aromatic carbocycles. The van der Waals surface area contributed by atoms with Gasteiger partial charge in [-0.15, -0.1) is 0 Å². The number of nitrogens with zero attached hydrogens (tertiary/aromatic N) is 3. The minimum atomic E-state index is 0.723. The third kappa shape index (κ3) is 2.72. The summed E-state index contributed by atoms with van der Waals surface area (Å²) in [6.45, 7) is 0. The molecule has 5 nitrogen and oxygen atoms in total. The fraction of sp³-hybridized carbons (Fsp3) is 0.125. The van der Waals surface area contributed by atoms with Gasteiger partial charge in [0.05, 0.1) is 37.1 Å². The first-order chi connectivity index (χ1) is 10.3. The van der Waals surface area contributed by atoms with E-state index in [1.165, 1.54) is 0 Å². The number of hydrogen-bond acceptors (Lipinski definition) is 5. The van der Waals surface area contributed by atoms with E-state index in [0.717, 1.165) is 28.3 Å². The molecular formula is C16H15N3O2. The number of methoxy groups -OCH3 is 1. The summed E-state index contributed by atoms with van der Waals surface area (Å²) in [5, 5.41) is 0. The SMILES string of the molecule is COc1cncc(-c2cncc(N(C)c3ccoc3)c2)c1. The Labute approximate surface area is 122 Å². The Morgan fingerprint density at radius 3 is 2.48 bits per heavy atom. The van der Waals surface area contributed by atoms with E-state index in [-0.39, 0.29) is 0 Å². The second-order valence-corrected chi connectivity index (χ2v) is 4.59. The van der Waals surface area contributed by atoms with E-state index in [1.807, 2.05) is 36.5 Å². The summed E-state index contributed by atoms with van der Waals surface area (Å²) in [6.07, 6.45) is 10.4. The lowest BCUT2D eigenvalue weighted by atomic mass is 10.1. The molecule has 0 fully saturated rings. The van der Waals surface area contributed by atoms with E-state index in [2.05, 4.69) is 16.0 Å². The van der Waals surface area contributed by atoms with Crippen molar-refractivity contribution in [2.75, 3.05) is 19.1 Å². The summed E-state index contributed by atoms with van der Waals surface area (Å²) < 4.78 is 10.3. The molecule has 0 bridgehead atoms. The Kier molecular flexibility index (Phi) is 3.55. The van der Waals surface area contributed by atoms with Crippen molar-refractivity contribution < 1.29 is 9.15 Å². The molecule has 0 atom stereocenters. The molecule has 3 heterocycles. The number of hydrogen-bond donors (Lipinski definition) is 0. The van der Waals surface area contributed by atoms with Gasteiger partial charge in [-0.05, 0) is 12.1 Å². The molecule has 0 saturated carbocycles. The van der Waals surface area contributed by atoms with E-state index in [9.17, 15) is 0 Å². The molecule has 3 aromatic heterocycles. The number of anilines is 2. The molecule has 0 unspecified atom stereocenters. The minimum Gasteiger partial charge on any atom is -0.495 e. The van der Waals surface area contributed by atoms with Crippen LogP contribution in [0.4, 0.5) is 11.4 Å². The molecule has 0 saturated heterocycles. The van der Waals surface area contributed by atoms with E-state index < -0.39 is 0 Å². The van der Waals surface area contributed by atoms with Crippen molar-refractivity contribution in [2.45, 2.75) is 0 Å². The quantitative estimate of drug-likeness (QED) is 0.732. The predicted octanol–water partition coefficient (Wildman–Crippen LogP) is 3.51. The Bertz CT molecular complexity index is 726. The Hall–Kier alpha value is -2.82. The molecule has 0 aliphatic carbocycles. The highest BCUT2D eigenvalue weighted by Gasteiger charge is 2.08. The summed E-state index contributed by atoms with van der Waals surface area (Å²) in [5.74, 6) is 0.723. The van der Waals surface area contributed by atoms with Crippen molar-refractivity contribution in [3.05, 3.63) is 55.5 Å². The minimum absolute atomic E-state index is 0.723. The van der Waals surface area contributed by atoms with Gasteiger partial charge in [-0.3, -0.25) is 9.97 Å². The Morgan fingerprint density at radius 1 is 1.00 bits per heavy atom. The maximum atomic E-state index is 5.21. The van der Waals surface area contributed by atoms with Gasteiger partial charge in [0.25, 0.3) is 0 Å². The first-order valence-corrected chi connectivity index (χ1v) is 6.48. The Balaban J connectivity index is 1.96. The summed E-state index contributed by atoms with van der Waals surface area (Å²) in [4.78, 5) is 10.5. The van der Waals surface area contributed by atoms with E-state index in [4.69, 9.17) is 9.15 Å². The highest BCUT2D eigenvalue weighted by molar-refractivity contribution is 5.70. The summed E-state index contributed by atoms with van der Waals surface area (Å²) >= 11 is 0. The number of ether oxygens (including phenoxy) is 1. The van der Waals surface area contributed by atoms with Crippen molar-refractivity contribution in [1.29, 1.82) is 0 Å². The van der Waals surface area contributed by atoms with Crippen LogP contribution in [0.25, 0.3) is 11.1 Å². The van der Waals surface area contributed by atoms with E-state index in [0.29, 0.717) is 0 Å². The van der Waals surface area contributed by atoms with Gasteiger partial charge in [0.15, 0.2) is 0 Å². The highest BCUT2D eigenvalue weighted by atomic mass is 16.5. The van der Waals surface area contributed by atoms with Crippen LogP contribution in [0.2, 0.25) is 0 Å². The van der Waals surface area contributed by atoms with Crippen molar-refractivity contribution in [3.8, 4) is 16.9 Å². The average molecular weight is 281 g/mol. The van der Waals surface area contributed by atoms with Crippen molar-refractivity contribution in [3.63, 3.8) is 0 Å². The molecule has 21 heavy (non-hydrogen) atoms. The van der Waals surface area contributed by atoms with Crippen LogP contribution in [0, 0.1) is 0 Å². The molecule has 0 radical (unpaired) electrons. The fourth-order valence-corrected chi connectivity index (χ4v) is 2.05. The van der Waals surface area contributed by atoms with Crippen LogP contribution in [-0.2, 0) is 0 Å². The third-order valence-corrected chi connectivity index (χ3v) is 3.29. The lowest BCUT2D eigenvalue weighted by Gasteiger charge is -2.17. The summed E-state index contributed by atoms with van der Waals surface area (Å²) in [7, 11) is 3.59. The molecule has 0 amide bonds. The normalized spacial score (nSPS) is 10.4. The van der Waals surface area contributed by atoms with E-state index in [1.54, 1.807) is 32.0 Å². The first kappa shape index (κ1) is 13.2. The molecule has 0 spiro atoms. The molecule has 0 N–H and O–H groups in total. The molecule has 106 valence electrons. The van der Waals surface area contributed by atoms with Crippen LogP contribution in [0.3, 0.4) is 0 Å². The maximum Gasteiger partial charge on any atom is 0.137 e. The zero-order chi connectivity index (χ0) is 14.7. The largest absolute Gasteiger partial charge is 0.495 e. The zero-order valence-electron chi connectivity index (χ0n) is 11.9. The van der Waals surface area contributed by atoms with Gasteiger partial charge in [0.2, 0.25) is 0 Å². The molecular weight excluding hydrogens is 266 g/mol. The zero-order valence-corrected chi connectivity index (χ0v) is 11.9. The lowest BCUT2D eigenvalue weighted by molar-refractivity contribution is 0.413. The van der Waals surface area contributed by atoms with Gasteiger partial charge >= 0.3 is 0 Å². The van der Waals surface area contributed by atoms with Crippen LogP contribution < -0.4 is 9.64 Å². The monoisotopic (exact) mass is 281 g/mol. The average Bonchev–Trinajstić information content (AvgIpc) is 3.09. The van der Waals surface area contributed by atoms with Gasteiger partial charge in [-0.1, -0.05) is 0 Å². The molecule has 3 rings (SSSR count). The van der Waals surface area contributed by atoms with Gasteiger partial charge in [-0.2, -0.15) is 0 Å². The van der Waals surface area contributed by atoms with Gasteiger partial charge in [0, 0.05) is 36.6 Å². The van der Waals surface area contributed by atoms with Gasteiger partial charge < -0.3 is 14.1 Å². The van der Waals surface area contributed by atoms with Crippen LogP contribution in [0.1, 0.15) is 0 Å². The number of aromatic nitrogens is 2. The van der Waals surface area contributed by atoms with Crippen molar-refractivity contribution >= 4 is 11.4 Å². The smallest absolute Gasteiger partial charge is 0.137 e. The number of rotatable bonds is 4. The third-order valence-electron chi connectivity index (χ3n) is 3.29. The van der Waals surface area contributed by atoms with Crippen LogP contribution in [0.5, 0.6) is 5.75 Å². The summed E-state index contributed by atoms with van der Waals surface area (Å²) in [5.41, 5.74) is 3.88. The van der Waals surface area contributed by atoms with Crippen LogP contribution in [0.15, 0.2) is 59.9 Å². The summed E-state index contributed by atoms with van der Waals surface area (Å²) in [6, 6.07) is 5.89. The van der Waals surface area contributed by atoms with Crippen molar-refractivity contribution in [2.24, 2.45) is 0 Å². The second-order valence-electron chi connectivity index (χ2n) is 4.59. The maximum absolute atomic E-state index is 5.21. The van der Waals surface area contributed by atoms with Gasteiger partial charge in [-0.25, -0.2) is 0 Å². The van der Waals surface area contributed by atoms with Crippen molar-refractivity contribution in [1.82, 2.24) is 9.97 Å². The first-order valence-electron chi connectivity index (χ1n) is 6.48. The van der Waals surface area contributed by atoms with Crippen LogP contribution >= 0.6 is 0 Å². The second kappa shape index (κ2) is 5.66. The highest BCUT2D eigenvalue weighted by Crippen LogP contribution is 2.28. The topological polar surface area (TPSA) is 51.4 Å². The number of furan rings is 1. The number of pyridine rings is 2. The molecule has 3 aromatic rings. The molecule has 5 heteroatoms. The standard InChI is InChI=1S/C16H15N3O2/c1-19(14-3-4-21-11-14)15-5-12(7-17-9-15)13-6-16(20-2)10-18-8-13/h3-11H,1-2H3. The Morgan fingerprint density at radius 2 is 1.76 bits per heavy atom. The van der Waals surface area contributed by atoms with E-state index >= 15 is 0 Å². The van der Waals surface area contributed by atoms with Gasteiger partial charge in [0.1, 0.15) is 12.0 Å². The fourth-order valence-electron chi connectivity index (χ4n) is 2.05. The van der Waals surface area contributed by atoms with Crippen LogP contribution in [-0.4, -0.2) is 24.1 Å².